The molecular weight excluding hydrogens is 370 g/mol. The first-order chi connectivity index (χ1) is 13.4. The smallest absolute Gasteiger partial charge is 0.410 e. The summed E-state index contributed by atoms with van der Waals surface area (Å²) >= 11 is 0. The van der Waals surface area contributed by atoms with Crippen LogP contribution in [-0.4, -0.2) is 66.7 Å². The van der Waals surface area contributed by atoms with E-state index in [-0.39, 0.29) is 35.5 Å². The van der Waals surface area contributed by atoms with Gasteiger partial charge in [0.15, 0.2) is 5.96 Å². The molecule has 0 radical (unpaired) electrons. The van der Waals surface area contributed by atoms with Crippen molar-refractivity contribution in [3.05, 3.63) is 0 Å². The number of carbonyl (C=O) groups excluding carboxylic acids is 2. The van der Waals surface area contributed by atoms with Gasteiger partial charge in [-0.1, -0.05) is 20.8 Å². The van der Waals surface area contributed by atoms with Crippen LogP contribution in [0.1, 0.15) is 67.2 Å². The molecule has 2 heterocycles. The van der Waals surface area contributed by atoms with Crippen LogP contribution < -0.4 is 16.0 Å². The second kappa shape index (κ2) is 9.22. The van der Waals surface area contributed by atoms with E-state index < -0.39 is 5.60 Å². The average Bonchev–Trinajstić information content (AvgIpc) is 2.86. The Hall–Kier alpha value is -1.99. The minimum atomic E-state index is -0.472. The van der Waals surface area contributed by atoms with Crippen LogP contribution in [-0.2, 0) is 9.53 Å². The third kappa shape index (κ3) is 6.78. The summed E-state index contributed by atoms with van der Waals surface area (Å²) in [6.07, 6.45) is 3.62. The van der Waals surface area contributed by atoms with Gasteiger partial charge in [-0.25, -0.2) is 4.79 Å². The molecule has 166 valence electrons. The molecule has 2 aliphatic rings. The number of nitrogens with zero attached hydrogens (tertiary/aromatic N) is 2. The number of rotatable bonds is 4. The van der Waals surface area contributed by atoms with Crippen molar-refractivity contribution in [2.24, 2.45) is 10.4 Å². The lowest BCUT2D eigenvalue weighted by atomic mass is 9.96. The Kier molecular flexibility index (Phi) is 7.40. The van der Waals surface area contributed by atoms with Crippen LogP contribution in [0, 0.1) is 5.41 Å². The first kappa shape index (κ1) is 23.3. The van der Waals surface area contributed by atoms with Crippen molar-refractivity contribution >= 4 is 18.0 Å². The lowest BCUT2D eigenvalue weighted by Crippen LogP contribution is -2.55. The molecular formula is C21H39N5O3. The number of hydrogen-bond donors (Lipinski definition) is 3. The quantitative estimate of drug-likeness (QED) is 0.376. The molecule has 2 amide bonds. The summed E-state index contributed by atoms with van der Waals surface area (Å²) in [5.74, 6) is 0.762. The van der Waals surface area contributed by atoms with E-state index in [1.165, 1.54) is 0 Å². The summed E-state index contributed by atoms with van der Waals surface area (Å²) in [6.45, 7) is 12.5. The van der Waals surface area contributed by atoms with Gasteiger partial charge in [-0.3, -0.25) is 9.79 Å². The minimum Gasteiger partial charge on any atom is -0.444 e. The number of fused-ring (bicyclic) bond motifs is 2. The zero-order valence-electron chi connectivity index (χ0n) is 19.1. The fraction of sp³-hybridized carbons (Fsp3) is 0.857. The number of nitrogens with one attached hydrogen (secondary N) is 3. The number of aliphatic imine (C=N–C) groups is 1. The Labute approximate surface area is 175 Å². The molecule has 0 saturated carbocycles. The van der Waals surface area contributed by atoms with Crippen molar-refractivity contribution in [2.45, 2.75) is 91.0 Å². The molecule has 0 aromatic heterocycles. The summed E-state index contributed by atoms with van der Waals surface area (Å²) in [5.41, 5.74) is -0.860. The fourth-order valence-electron chi connectivity index (χ4n) is 3.92. The van der Waals surface area contributed by atoms with E-state index in [0.717, 1.165) is 31.6 Å². The standard InChI is InChI=1S/C21H39N5O3/c1-20(2,3)17(27)23-10-11-24-18(22-7)25-14-12-15-8-9-16(13-14)26(15)19(28)29-21(4,5)6/h14-16H,8-13H2,1-7H3,(H,23,27)(H2,22,24,25). The molecule has 3 N–H and O–H groups in total. The summed E-state index contributed by atoms with van der Waals surface area (Å²) in [4.78, 5) is 30.7. The Balaban J connectivity index is 1.80. The van der Waals surface area contributed by atoms with Crippen molar-refractivity contribution in [1.82, 2.24) is 20.9 Å². The van der Waals surface area contributed by atoms with Crippen molar-refractivity contribution in [3.63, 3.8) is 0 Å². The van der Waals surface area contributed by atoms with Gasteiger partial charge in [-0.15, -0.1) is 0 Å². The number of hydrogen-bond acceptors (Lipinski definition) is 4. The Morgan fingerprint density at radius 2 is 1.55 bits per heavy atom. The third-order valence-electron chi connectivity index (χ3n) is 5.29. The molecule has 2 aliphatic heterocycles. The topological polar surface area (TPSA) is 95.1 Å². The zero-order chi connectivity index (χ0) is 21.8. The minimum absolute atomic E-state index is 0.0355. The Morgan fingerprint density at radius 3 is 2.03 bits per heavy atom. The highest BCUT2D eigenvalue weighted by Crippen LogP contribution is 2.36. The molecule has 2 bridgehead atoms. The van der Waals surface area contributed by atoms with Gasteiger partial charge in [-0.2, -0.15) is 0 Å². The van der Waals surface area contributed by atoms with Crippen molar-refractivity contribution in [2.75, 3.05) is 20.1 Å². The van der Waals surface area contributed by atoms with Gasteiger partial charge in [0.05, 0.1) is 0 Å². The molecule has 29 heavy (non-hydrogen) atoms. The monoisotopic (exact) mass is 409 g/mol. The molecule has 0 aromatic carbocycles. The third-order valence-corrected chi connectivity index (χ3v) is 5.29. The van der Waals surface area contributed by atoms with E-state index in [1.54, 1.807) is 7.05 Å². The SMILES string of the molecule is CN=C(NCCNC(=O)C(C)(C)C)NC1CC2CCC(C1)N2C(=O)OC(C)(C)C. The molecule has 2 unspecified atom stereocenters. The molecule has 0 aliphatic carbocycles. The van der Waals surface area contributed by atoms with Crippen LogP contribution in [0.3, 0.4) is 0 Å². The summed E-state index contributed by atoms with van der Waals surface area (Å²) < 4.78 is 5.60. The average molecular weight is 410 g/mol. The number of ether oxygens (including phenoxy) is 1. The largest absolute Gasteiger partial charge is 0.444 e. The maximum Gasteiger partial charge on any atom is 0.410 e. The lowest BCUT2D eigenvalue weighted by molar-refractivity contribution is -0.128. The molecule has 8 heteroatoms. The van der Waals surface area contributed by atoms with Crippen LogP contribution in [0.25, 0.3) is 0 Å². The molecule has 2 fully saturated rings. The second-order valence-electron chi connectivity index (χ2n) is 10.1. The van der Waals surface area contributed by atoms with Gasteiger partial charge >= 0.3 is 6.09 Å². The van der Waals surface area contributed by atoms with Gasteiger partial charge < -0.3 is 25.6 Å². The van der Waals surface area contributed by atoms with E-state index in [1.807, 2.05) is 46.4 Å². The van der Waals surface area contributed by atoms with E-state index >= 15 is 0 Å². The molecule has 2 atom stereocenters. The highest BCUT2D eigenvalue weighted by atomic mass is 16.6. The summed E-state index contributed by atoms with van der Waals surface area (Å²) in [7, 11) is 1.74. The molecule has 8 nitrogen and oxygen atoms in total. The van der Waals surface area contributed by atoms with Crippen molar-refractivity contribution in [1.29, 1.82) is 0 Å². The van der Waals surface area contributed by atoms with E-state index in [9.17, 15) is 9.59 Å². The predicted molar refractivity (Wildman–Crippen MR) is 115 cm³/mol. The highest BCUT2D eigenvalue weighted by Gasteiger charge is 2.45. The first-order valence-electron chi connectivity index (χ1n) is 10.7. The van der Waals surface area contributed by atoms with Gasteiger partial charge in [0, 0.05) is 43.7 Å². The van der Waals surface area contributed by atoms with Gasteiger partial charge in [0.1, 0.15) is 5.60 Å². The molecule has 2 rings (SSSR count). The maximum atomic E-state index is 12.6. The number of piperidine rings is 1. The van der Waals surface area contributed by atoms with Gasteiger partial charge in [0.2, 0.25) is 5.91 Å². The van der Waals surface area contributed by atoms with E-state index in [0.29, 0.717) is 13.1 Å². The van der Waals surface area contributed by atoms with E-state index in [4.69, 9.17) is 4.74 Å². The number of carbonyl (C=O) groups is 2. The molecule has 0 spiro atoms. The summed E-state index contributed by atoms with van der Waals surface area (Å²) in [6, 6.07) is 0.692. The zero-order valence-corrected chi connectivity index (χ0v) is 19.1. The number of amides is 2. The Bertz CT molecular complexity index is 607. The van der Waals surface area contributed by atoms with Gasteiger partial charge in [0.25, 0.3) is 0 Å². The van der Waals surface area contributed by atoms with Gasteiger partial charge in [-0.05, 0) is 46.5 Å². The summed E-state index contributed by atoms with van der Waals surface area (Å²) in [5, 5.41) is 9.66. The molecule has 0 aromatic rings. The number of guanidine groups is 1. The van der Waals surface area contributed by atoms with Crippen LogP contribution in [0.5, 0.6) is 0 Å². The highest BCUT2D eigenvalue weighted by molar-refractivity contribution is 5.82. The first-order valence-corrected chi connectivity index (χ1v) is 10.7. The van der Waals surface area contributed by atoms with Crippen LogP contribution in [0.2, 0.25) is 0 Å². The Morgan fingerprint density at radius 1 is 1.00 bits per heavy atom. The van der Waals surface area contributed by atoms with Crippen molar-refractivity contribution in [3.8, 4) is 0 Å². The van der Waals surface area contributed by atoms with Crippen LogP contribution in [0.15, 0.2) is 4.99 Å². The van der Waals surface area contributed by atoms with Crippen LogP contribution in [0.4, 0.5) is 4.79 Å². The molecule has 2 saturated heterocycles. The lowest BCUT2D eigenvalue weighted by Gasteiger charge is -2.40. The van der Waals surface area contributed by atoms with E-state index in [2.05, 4.69) is 20.9 Å². The second-order valence-corrected chi connectivity index (χ2v) is 10.1. The van der Waals surface area contributed by atoms with Crippen LogP contribution >= 0.6 is 0 Å². The van der Waals surface area contributed by atoms with Crippen molar-refractivity contribution < 1.29 is 14.3 Å². The maximum absolute atomic E-state index is 12.6. The fourth-order valence-corrected chi connectivity index (χ4v) is 3.92. The predicted octanol–water partition coefficient (Wildman–Crippen LogP) is 2.24. The normalized spacial score (nSPS) is 24.9.